The Morgan fingerprint density at radius 1 is 1.15 bits per heavy atom. The van der Waals surface area contributed by atoms with Gasteiger partial charge in [-0.25, -0.2) is 0 Å². The molecule has 2 nitrogen and oxygen atoms in total. The van der Waals surface area contributed by atoms with E-state index in [1.54, 1.807) is 12.1 Å². The number of aliphatic hydroxyl groups excluding tert-OH is 1. The molecule has 0 unspecified atom stereocenters. The summed E-state index contributed by atoms with van der Waals surface area (Å²) in [5, 5.41) is 19.0. The predicted molar refractivity (Wildman–Crippen MR) is 89.8 cm³/mol. The SMILES string of the molecule is CC.CC/C(C)=C(/B=C(C)c1cc(C)cc(O)c1)CO. The van der Waals surface area contributed by atoms with E-state index < -0.39 is 0 Å². The zero-order chi connectivity index (χ0) is 15.7. The summed E-state index contributed by atoms with van der Waals surface area (Å²) < 4.78 is 0. The minimum atomic E-state index is 0.0504. The number of aliphatic hydroxyl groups is 1. The first kappa shape index (κ1) is 18.7. The summed E-state index contributed by atoms with van der Waals surface area (Å²) in [7, 11) is 0. The summed E-state index contributed by atoms with van der Waals surface area (Å²) >= 11 is 0. The third kappa shape index (κ3) is 5.75. The molecule has 0 bridgehead atoms. The van der Waals surface area contributed by atoms with Gasteiger partial charge in [-0.3, -0.25) is 0 Å². The van der Waals surface area contributed by atoms with E-state index >= 15 is 0 Å². The molecular formula is C17H27BO2. The summed E-state index contributed by atoms with van der Waals surface area (Å²) in [6.07, 6.45) is 0.929. The van der Waals surface area contributed by atoms with Gasteiger partial charge in [-0.2, -0.15) is 0 Å². The van der Waals surface area contributed by atoms with Crippen molar-refractivity contribution in [2.75, 3.05) is 6.61 Å². The molecule has 0 aliphatic rings. The second-order valence-electron chi connectivity index (χ2n) is 4.70. The van der Waals surface area contributed by atoms with E-state index in [1.807, 2.05) is 47.6 Å². The van der Waals surface area contributed by atoms with Crippen LogP contribution in [-0.2, 0) is 0 Å². The summed E-state index contributed by atoms with van der Waals surface area (Å²) in [5.41, 5.74) is 5.21. The molecule has 2 N–H and O–H groups in total. The van der Waals surface area contributed by atoms with Gasteiger partial charge in [-0.1, -0.05) is 13.8 Å². The molecule has 0 saturated carbocycles. The molecule has 0 aromatic heterocycles. The van der Waals surface area contributed by atoms with Crippen molar-refractivity contribution in [3.63, 3.8) is 0 Å². The van der Waals surface area contributed by atoms with Crippen LogP contribution >= 0.6 is 0 Å². The van der Waals surface area contributed by atoms with Crippen LogP contribution in [0.4, 0.5) is 0 Å². The summed E-state index contributed by atoms with van der Waals surface area (Å²) in [4.78, 5) is 0. The Kier molecular flexibility index (Phi) is 8.90. The molecule has 1 rings (SSSR count). The Balaban J connectivity index is 0.00000172. The van der Waals surface area contributed by atoms with Crippen LogP contribution in [-0.4, -0.2) is 29.2 Å². The standard InChI is InChI=1S/C15H21BO2.C2H6/c1-5-11(3)15(9-17)16-12(4)13-6-10(2)7-14(18)8-13;1-2/h6-8,17-18H,5,9H2,1-4H3;1-2H3/b15-11+;. The van der Waals surface area contributed by atoms with Crippen LogP contribution in [0.5, 0.6) is 5.75 Å². The van der Waals surface area contributed by atoms with Crippen molar-refractivity contribution >= 4 is 12.4 Å². The number of hydrogen-bond acceptors (Lipinski definition) is 2. The molecule has 110 valence electrons. The molecule has 0 amide bonds. The van der Waals surface area contributed by atoms with Gasteiger partial charge in [0.25, 0.3) is 0 Å². The van der Waals surface area contributed by atoms with Crippen molar-refractivity contribution in [1.29, 1.82) is 0 Å². The Morgan fingerprint density at radius 3 is 2.20 bits per heavy atom. The van der Waals surface area contributed by atoms with Crippen molar-refractivity contribution in [2.45, 2.75) is 48.0 Å². The van der Waals surface area contributed by atoms with E-state index in [2.05, 4.69) is 6.92 Å². The fraction of sp³-hybridized carbons (Fsp3) is 0.471. The van der Waals surface area contributed by atoms with Gasteiger partial charge in [0, 0.05) is 0 Å². The number of aryl methyl sites for hydroxylation is 1. The summed E-state index contributed by atoms with van der Waals surface area (Å²) in [6, 6.07) is 5.51. The third-order valence-electron chi connectivity index (χ3n) is 3.16. The monoisotopic (exact) mass is 274 g/mol. The maximum absolute atomic E-state index is 9.60. The van der Waals surface area contributed by atoms with Crippen LogP contribution in [0.15, 0.2) is 29.2 Å². The number of hydrogen-bond donors (Lipinski definition) is 2. The molecule has 1 aromatic rings. The van der Waals surface area contributed by atoms with Crippen molar-refractivity contribution in [2.24, 2.45) is 0 Å². The zero-order valence-electron chi connectivity index (χ0n) is 13.6. The number of phenolic OH excluding ortho intramolecular Hbond substituents is 1. The van der Waals surface area contributed by atoms with Crippen LogP contribution in [0.3, 0.4) is 0 Å². The van der Waals surface area contributed by atoms with Crippen LogP contribution < -0.4 is 0 Å². The quantitative estimate of drug-likeness (QED) is 0.823. The number of phenols is 1. The van der Waals surface area contributed by atoms with Crippen LogP contribution in [0.1, 0.15) is 52.2 Å². The van der Waals surface area contributed by atoms with Gasteiger partial charge in [0.2, 0.25) is 0 Å². The van der Waals surface area contributed by atoms with Gasteiger partial charge < -0.3 is 0 Å². The topological polar surface area (TPSA) is 40.5 Å². The first-order valence-electron chi connectivity index (χ1n) is 7.26. The molecule has 0 fully saturated rings. The fourth-order valence-electron chi connectivity index (χ4n) is 1.87. The van der Waals surface area contributed by atoms with Crippen LogP contribution in [0.25, 0.3) is 0 Å². The van der Waals surface area contributed by atoms with Crippen LogP contribution in [0.2, 0.25) is 0 Å². The molecule has 0 heterocycles. The van der Waals surface area contributed by atoms with Gasteiger partial charge >= 0.3 is 109 Å². The predicted octanol–water partition coefficient (Wildman–Crippen LogP) is 3.65. The molecule has 0 aliphatic carbocycles. The molecule has 0 aliphatic heterocycles. The Bertz CT molecular complexity index is 468. The van der Waals surface area contributed by atoms with Crippen molar-refractivity contribution < 1.29 is 10.2 Å². The second kappa shape index (κ2) is 9.54. The van der Waals surface area contributed by atoms with E-state index in [1.165, 1.54) is 5.57 Å². The minimum absolute atomic E-state index is 0.0504. The second-order valence-corrected chi connectivity index (χ2v) is 4.70. The molecular weight excluding hydrogens is 247 g/mol. The number of benzene rings is 1. The van der Waals surface area contributed by atoms with Crippen molar-refractivity contribution in [3.05, 3.63) is 40.4 Å². The molecule has 20 heavy (non-hydrogen) atoms. The summed E-state index contributed by atoms with van der Waals surface area (Å²) in [6.45, 7) is 14.1. The maximum atomic E-state index is 9.60. The Morgan fingerprint density at radius 2 is 1.75 bits per heavy atom. The van der Waals surface area contributed by atoms with E-state index in [9.17, 15) is 10.2 Å². The van der Waals surface area contributed by atoms with E-state index in [-0.39, 0.29) is 12.4 Å². The van der Waals surface area contributed by atoms with Crippen LogP contribution in [0, 0.1) is 6.92 Å². The number of aromatic hydroxyl groups is 1. The molecule has 1 aromatic carbocycles. The molecule has 0 radical (unpaired) electrons. The first-order chi connectivity index (χ1) is 9.47. The zero-order valence-corrected chi connectivity index (χ0v) is 13.6. The normalized spacial score (nSPS) is 12.1. The van der Waals surface area contributed by atoms with Gasteiger partial charge in [-0.05, 0) is 0 Å². The van der Waals surface area contributed by atoms with Gasteiger partial charge in [0.1, 0.15) is 0 Å². The third-order valence-corrected chi connectivity index (χ3v) is 3.16. The van der Waals surface area contributed by atoms with Gasteiger partial charge in [0.05, 0.1) is 0 Å². The fourth-order valence-corrected chi connectivity index (χ4v) is 1.87. The average molecular weight is 274 g/mol. The van der Waals surface area contributed by atoms with E-state index in [0.29, 0.717) is 0 Å². The van der Waals surface area contributed by atoms with Gasteiger partial charge in [0.15, 0.2) is 0 Å². The average Bonchev–Trinajstić information content (AvgIpc) is 2.44. The van der Waals surface area contributed by atoms with E-state index in [0.717, 1.165) is 28.5 Å². The molecule has 0 saturated heterocycles. The molecule has 3 heteroatoms. The van der Waals surface area contributed by atoms with E-state index in [4.69, 9.17) is 0 Å². The van der Waals surface area contributed by atoms with Gasteiger partial charge in [-0.15, -0.1) is 0 Å². The first-order valence-corrected chi connectivity index (χ1v) is 7.26. The Labute approximate surface area is 124 Å². The number of allylic oxidation sites excluding steroid dienone is 1. The molecule has 0 atom stereocenters. The number of rotatable bonds is 4. The van der Waals surface area contributed by atoms with Crippen molar-refractivity contribution in [1.82, 2.24) is 0 Å². The Hall–Kier alpha value is -1.35. The van der Waals surface area contributed by atoms with Crippen molar-refractivity contribution in [3.8, 4) is 5.75 Å². The molecule has 0 spiro atoms. The summed E-state index contributed by atoms with van der Waals surface area (Å²) in [5.74, 6) is 0.277.